The summed E-state index contributed by atoms with van der Waals surface area (Å²) >= 11 is 0. The number of amides is 2. The minimum atomic E-state index is -0.901. The topological polar surface area (TPSA) is 90.0 Å². The van der Waals surface area contributed by atoms with E-state index in [1.807, 2.05) is 0 Å². The molecule has 22 heavy (non-hydrogen) atoms. The fourth-order valence-corrected chi connectivity index (χ4v) is 1.84. The number of hydrogen-bond acceptors (Lipinski definition) is 6. The second-order valence-electron chi connectivity index (χ2n) is 4.43. The maximum absolute atomic E-state index is 11.9. The lowest BCUT2D eigenvalue weighted by Gasteiger charge is -2.13. The number of ether oxygens (including phenoxy) is 1. The molecule has 0 atom stereocenters. The highest BCUT2D eigenvalue weighted by Crippen LogP contribution is 2.20. The van der Waals surface area contributed by atoms with Crippen LogP contribution in [0.25, 0.3) is 0 Å². The number of carbonyl (C=O) groups excluding carboxylic acids is 4. The molecule has 114 valence electrons. The highest BCUT2D eigenvalue weighted by atomic mass is 16.7. The minimum absolute atomic E-state index is 0.0139. The number of nitrogens with zero attached hydrogens (tertiary/aromatic N) is 1. The van der Waals surface area contributed by atoms with Gasteiger partial charge >= 0.3 is 5.97 Å². The van der Waals surface area contributed by atoms with Crippen LogP contribution in [0, 0.1) is 0 Å². The molecule has 0 spiro atoms. The molecule has 1 aromatic carbocycles. The van der Waals surface area contributed by atoms with Crippen LogP contribution in [-0.4, -0.2) is 35.7 Å². The molecule has 7 nitrogen and oxygen atoms in total. The highest BCUT2D eigenvalue weighted by Gasteiger charge is 2.33. The van der Waals surface area contributed by atoms with Gasteiger partial charge in [-0.25, -0.2) is 4.79 Å². The fraction of sp³-hybridized carbons (Fsp3) is 0.200. The Bertz CT molecular complexity index is 635. The molecule has 7 heteroatoms. The number of hydroxylamine groups is 2. The summed E-state index contributed by atoms with van der Waals surface area (Å²) in [4.78, 5) is 50.5. The molecule has 0 saturated carbocycles. The van der Waals surface area contributed by atoms with Crippen molar-refractivity contribution in [3.05, 3.63) is 42.0 Å². The Balaban J connectivity index is 2.16. The molecule has 2 rings (SSSR count). The normalized spacial score (nSPS) is 13.9. The first-order valence-electron chi connectivity index (χ1n) is 6.48. The highest BCUT2D eigenvalue weighted by molar-refractivity contribution is 6.03. The summed E-state index contributed by atoms with van der Waals surface area (Å²) in [7, 11) is 0. The molecule has 2 amide bonds. The molecule has 0 radical (unpaired) electrons. The van der Waals surface area contributed by atoms with E-state index >= 15 is 0 Å². The monoisotopic (exact) mass is 303 g/mol. The summed E-state index contributed by atoms with van der Waals surface area (Å²) in [6.45, 7) is 3.70. The minimum Gasteiger partial charge on any atom is -0.489 e. The van der Waals surface area contributed by atoms with Gasteiger partial charge in [0.05, 0.1) is 11.1 Å². The maximum atomic E-state index is 11.9. The van der Waals surface area contributed by atoms with E-state index < -0.39 is 17.8 Å². The molecular formula is C15H13NO6. The van der Waals surface area contributed by atoms with Gasteiger partial charge in [-0.1, -0.05) is 12.7 Å². The zero-order chi connectivity index (χ0) is 16.1. The Morgan fingerprint density at radius 3 is 2.55 bits per heavy atom. The Morgan fingerprint density at radius 2 is 1.95 bits per heavy atom. The lowest BCUT2D eigenvalue weighted by atomic mass is 10.1. The smallest absolute Gasteiger partial charge is 0.363 e. The third-order valence-corrected chi connectivity index (χ3v) is 2.91. The number of carbonyl (C=O) groups is 4. The molecule has 0 bridgehead atoms. The molecule has 1 aromatic rings. The van der Waals surface area contributed by atoms with Gasteiger partial charge in [0.1, 0.15) is 12.4 Å². The van der Waals surface area contributed by atoms with E-state index in [0.717, 1.165) is 0 Å². The van der Waals surface area contributed by atoms with Crippen molar-refractivity contribution in [1.29, 1.82) is 0 Å². The van der Waals surface area contributed by atoms with E-state index in [-0.39, 0.29) is 30.6 Å². The van der Waals surface area contributed by atoms with Gasteiger partial charge in [-0.05, 0) is 18.2 Å². The van der Waals surface area contributed by atoms with E-state index in [1.54, 1.807) is 0 Å². The predicted octanol–water partition coefficient (Wildman–Crippen LogP) is 1.28. The number of rotatable bonds is 6. The van der Waals surface area contributed by atoms with Gasteiger partial charge in [0.15, 0.2) is 6.29 Å². The summed E-state index contributed by atoms with van der Waals surface area (Å²) in [5.74, 6) is -1.75. The van der Waals surface area contributed by atoms with Crippen LogP contribution < -0.4 is 4.74 Å². The van der Waals surface area contributed by atoms with Gasteiger partial charge < -0.3 is 9.57 Å². The first-order chi connectivity index (χ1) is 10.6. The number of imide groups is 1. The molecule has 0 N–H and O–H groups in total. The quantitative estimate of drug-likeness (QED) is 0.447. The average Bonchev–Trinajstić information content (AvgIpc) is 2.84. The lowest BCUT2D eigenvalue weighted by Crippen LogP contribution is -2.32. The van der Waals surface area contributed by atoms with Crippen molar-refractivity contribution in [2.75, 3.05) is 6.61 Å². The van der Waals surface area contributed by atoms with Crippen molar-refractivity contribution in [3.63, 3.8) is 0 Å². The van der Waals surface area contributed by atoms with E-state index in [1.165, 1.54) is 24.3 Å². The summed E-state index contributed by atoms with van der Waals surface area (Å²) < 4.78 is 5.26. The van der Waals surface area contributed by atoms with Crippen molar-refractivity contribution in [3.8, 4) is 5.75 Å². The summed E-state index contributed by atoms with van der Waals surface area (Å²) in [6, 6.07) is 4.06. The first-order valence-corrected chi connectivity index (χ1v) is 6.48. The van der Waals surface area contributed by atoms with E-state index in [9.17, 15) is 19.2 Å². The zero-order valence-electron chi connectivity index (χ0n) is 11.6. The van der Waals surface area contributed by atoms with Crippen molar-refractivity contribution >= 4 is 24.1 Å². The average molecular weight is 303 g/mol. The Kier molecular flexibility index (Phi) is 4.67. The van der Waals surface area contributed by atoms with Gasteiger partial charge in [-0.3, -0.25) is 14.4 Å². The zero-order valence-corrected chi connectivity index (χ0v) is 11.6. The largest absolute Gasteiger partial charge is 0.489 e. The molecule has 1 saturated heterocycles. The molecule has 0 unspecified atom stereocenters. The van der Waals surface area contributed by atoms with Crippen LogP contribution in [0.3, 0.4) is 0 Å². The Morgan fingerprint density at radius 1 is 1.27 bits per heavy atom. The molecule has 1 aliphatic heterocycles. The van der Waals surface area contributed by atoms with Crippen molar-refractivity contribution in [2.45, 2.75) is 12.8 Å². The molecule has 0 aromatic heterocycles. The van der Waals surface area contributed by atoms with Crippen LogP contribution in [0.1, 0.15) is 33.6 Å². The molecule has 1 aliphatic rings. The summed E-state index contributed by atoms with van der Waals surface area (Å²) in [5.41, 5.74) is 0.177. The number of hydrogen-bond donors (Lipinski definition) is 0. The van der Waals surface area contributed by atoms with Gasteiger partial charge in [-0.15, -0.1) is 5.06 Å². The molecule has 0 aliphatic carbocycles. The summed E-state index contributed by atoms with van der Waals surface area (Å²) in [5, 5.41) is 0.449. The van der Waals surface area contributed by atoms with Crippen molar-refractivity contribution in [2.24, 2.45) is 0 Å². The van der Waals surface area contributed by atoms with E-state index in [2.05, 4.69) is 6.58 Å². The number of aldehydes is 1. The second kappa shape index (κ2) is 6.66. The first kappa shape index (κ1) is 15.4. The lowest BCUT2D eigenvalue weighted by molar-refractivity contribution is -0.172. The van der Waals surface area contributed by atoms with Gasteiger partial charge in [-0.2, -0.15) is 0 Å². The van der Waals surface area contributed by atoms with Crippen LogP contribution >= 0.6 is 0 Å². The van der Waals surface area contributed by atoms with Crippen LogP contribution in [0.15, 0.2) is 30.9 Å². The standard InChI is InChI=1S/C15H13NO6/c1-2-7-21-12-4-3-10(8-11(12)9-17)15(20)22-16-13(18)5-6-14(16)19/h2-4,8-9H,1,5-7H2. The third kappa shape index (κ3) is 3.20. The third-order valence-electron chi connectivity index (χ3n) is 2.91. The van der Waals surface area contributed by atoms with Gasteiger partial charge in [0, 0.05) is 12.8 Å². The van der Waals surface area contributed by atoms with Gasteiger partial charge in [0.2, 0.25) is 0 Å². The number of benzene rings is 1. The van der Waals surface area contributed by atoms with Crippen LogP contribution in [0.5, 0.6) is 5.75 Å². The van der Waals surface area contributed by atoms with Crippen molar-refractivity contribution in [1.82, 2.24) is 5.06 Å². The van der Waals surface area contributed by atoms with Crippen LogP contribution in [-0.2, 0) is 14.4 Å². The predicted molar refractivity (Wildman–Crippen MR) is 74.0 cm³/mol. The Hall–Kier alpha value is -2.96. The molecule has 1 fully saturated rings. The fourth-order valence-electron chi connectivity index (χ4n) is 1.84. The molecular weight excluding hydrogens is 290 g/mol. The summed E-state index contributed by atoms with van der Waals surface area (Å²) in [6.07, 6.45) is 2.07. The van der Waals surface area contributed by atoms with Gasteiger partial charge in [0.25, 0.3) is 11.8 Å². The van der Waals surface area contributed by atoms with E-state index in [0.29, 0.717) is 17.1 Å². The SMILES string of the molecule is C=CCOc1ccc(C(=O)ON2C(=O)CCC2=O)cc1C=O. The van der Waals surface area contributed by atoms with Crippen LogP contribution in [0.2, 0.25) is 0 Å². The van der Waals surface area contributed by atoms with Crippen molar-refractivity contribution < 1.29 is 28.8 Å². The molecule has 1 heterocycles. The maximum Gasteiger partial charge on any atom is 0.363 e. The van der Waals surface area contributed by atoms with Crippen LogP contribution in [0.4, 0.5) is 0 Å². The second-order valence-corrected chi connectivity index (χ2v) is 4.43. The Labute approximate surface area is 126 Å². The van der Waals surface area contributed by atoms with E-state index in [4.69, 9.17) is 9.57 Å².